The van der Waals surface area contributed by atoms with Gasteiger partial charge in [-0.2, -0.15) is 13.2 Å². The van der Waals surface area contributed by atoms with Crippen LogP contribution in [-0.2, 0) is 16.0 Å². The normalized spacial score (nSPS) is 12.4. The van der Waals surface area contributed by atoms with Gasteiger partial charge in [0.05, 0.1) is 7.11 Å². The van der Waals surface area contributed by atoms with Crippen LogP contribution >= 0.6 is 12.4 Å². The summed E-state index contributed by atoms with van der Waals surface area (Å²) in [6.45, 7) is 0. The van der Waals surface area contributed by atoms with Crippen molar-refractivity contribution in [3.63, 3.8) is 0 Å². The predicted molar refractivity (Wildman–Crippen MR) is 62.4 cm³/mol. The van der Waals surface area contributed by atoms with Crippen molar-refractivity contribution >= 4 is 18.4 Å². The van der Waals surface area contributed by atoms with Crippen molar-refractivity contribution in [3.8, 4) is 0 Å². The molecule has 0 radical (unpaired) electrons. The third-order valence-corrected chi connectivity index (χ3v) is 2.11. The molecule has 7 heteroatoms. The highest BCUT2D eigenvalue weighted by Gasteiger charge is 2.34. The summed E-state index contributed by atoms with van der Waals surface area (Å²) in [6, 6.07) is 6.99. The Balaban J connectivity index is 0.00000289. The van der Waals surface area contributed by atoms with Gasteiger partial charge in [0.25, 0.3) is 0 Å². The van der Waals surface area contributed by atoms with Gasteiger partial charge in [-0.3, -0.25) is 4.79 Å². The lowest BCUT2D eigenvalue weighted by molar-refractivity contribution is -0.175. The first-order valence-corrected chi connectivity index (χ1v) is 4.88. The summed E-state index contributed by atoms with van der Waals surface area (Å²) in [5, 5.41) is 1.28. The Labute approximate surface area is 109 Å². The van der Waals surface area contributed by atoms with E-state index in [0.717, 1.165) is 7.11 Å². The molecule has 0 aliphatic heterocycles. The molecule has 1 rings (SSSR count). The number of carbonyl (C=O) groups excluding carboxylic acids is 1. The van der Waals surface area contributed by atoms with Gasteiger partial charge < -0.3 is 4.74 Å². The SMILES string of the molecule is COC(=O)[C@H](Cc1ccccc1)NC(F)(F)F.Cl. The van der Waals surface area contributed by atoms with Crippen LogP contribution in [0.5, 0.6) is 0 Å². The molecule has 0 saturated heterocycles. The molecule has 102 valence electrons. The molecule has 0 heterocycles. The number of methoxy groups -OCH3 is 1. The quantitative estimate of drug-likeness (QED) is 0.681. The van der Waals surface area contributed by atoms with Crippen molar-refractivity contribution in [2.75, 3.05) is 7.11 Å². The van der Waals surface area contributed by atoms with Crippen LogP contribution in [0, 0.1) is 0 Å². The molecule has 0 aliphatic carbocycles. The molecular formula is C11H13ClF3NO2. The molecule has 1 N–H and O–H groups in total. The highest BCUT2D eigenvalue weighted by Crippen LogP contribution is 2.14. The average Bonchev–Trinajstić information content (AvgIpc) is 2.27. The van der Waals surface area contributed by atoms with E-state index in [9.17, 15) is 18.0 Å². The van der Waals surface area contributed by atoms with Gasteiger partial charge in [0.1, 0.15) is 6.04 Å². The Morgan fingerprint density at radius 2 is 1.89 bits per heavy atom. The van der Waals surface area contributed by atoms with Crippen LogP contribution in [-0.4, -0.2) is 25.4 Å². The largest absolute Gasteiger partial charge is 0.468 e. The molecule has 0 spiro atoms. The molecule has 0 bridgehead atoms. The minimum atomic E-state index is -4.62. The van der Waals surface area contributed by atoms with Crippen LogP contribution in [0.2, 0.25) is 0 Å². The Kier molecular flexibility index (Phi) is 6.72. The number of hydrogen-bond acceptors (Lipinski definition) is 3. The standard InChI is InChI=1S/C11H12F3NO2.ClH/c1-17-10(16)9(15-11(12,13)14)7-8-5-3-2-4-6-8;/h2-6,9,15H,7H2,1H3;1H/t9-;/m0./s1. The van der Waals surface area contributed by atoms with E-state index in [-0.39, 0.29) is 18.8 Å². The monoisotopic (exact) mass is 283 g/mol. The lowest BCUT2D eigenvalue weighted by Crippen LogP contribution is -2.47. The van der Waals surface area contributed by atoms with Crippen LogP contribution in [0.4, 0.5) is 13.2 Å². The van der Waals surface area contributed by atoms with Crippen LogP contribution in [0.15, 0.2) is 30.3 Å². The van der Waals surface area contributed by atoms with E-state index in [0.29, 0.717) is 5.56 Å². The average molecular weight is 284 g/mol. The van der Waals surface area contributed by atoms with E-state index < -0.39 is 18.3 Å². The van der Waals surface area contributed by atoms with E-state index in [4.69, 9.17) is 0 Å². The van der Waals surface area contributed by atoms with Crippen molar-refractivity contribution in [1.29, 1.82) is 0 Å². The van der Waals surface area contributed by atoms with E-state index in [2.05, 4.69) is 4.74 Å². The summed E-state index contributed by atoms with van der Waals surface area (Å²) >= 11 is 0. The number of carbonyl (C=O) groups is 1. The van der Waals surface area contributed by atoms with Crippen molar-refractivity contribution in [3.05, 3.63) is 35.9 Å². The maximum Gasteiger partial charge on any atom is 0.457 e. The first-order valence-electron chi connectivity index (χ1n) is 4.88. The molecule has 1 aromatic rings. The highest BCUT2D eigenvalue weighted by molar-refractivity contribution is 5.85. The molecule has 3 nitrogen and oxygen atoms in total. The Morgan fingerprint density at radius 3 is 2.33 bits per heavy atom. The fraction of sp³-hybridized carbons (Fsp3) is 0.364. The van der Waals surface area contributed by atoms with Crippen molar-refractivity contribution in [1.82, 2.24) is 5.32 Å². The van der Waals surface area contributed by atoms with Gasteiger partial charge in [0.15, 0.2) is 0 Å². The molecular weight excluding hydrogens is 271 g/mol. The number of alkyl halides is 3. The third kappa shape index (κ3) is 5.88. The molecule has 18 heavy (non-hydrogen) atoms. The molecule has 1 aromatic carbocycles. The summed E-state index contributed by atoms with van der Waals surface area (Å²) in [4.78, 5) is 11.2. The maximum absolute atomic E-state index is 12.2. The van der Waals surface area contributed by atoms with Gasteiger partial charge in [-0.25, -0.2) is 5.32 Å². The van der Waals surface area contributed by atoms with E-state index in [1.54, 1.807) is 30.3 Å². The number of rotatable bonds is 4. The van der Waals surface area contributed by atoms with E-state index >= 15 is 0 Å². The second-order valence-electron chi connectivity index (χ2n) is 3.41. The predicted octanol–water partition coefficient (Wildman–Crippen LogP) is 2.30. The minimum absolute atomic E-state index is 0. The molecule has 0 aromatic heterocycles. The van der Waals surface area contributed by atoms with Gasteiger partial charge in [-0.1, -0.05) is 30.3 Å². The van der Waals surface area contributed by atoms with Crippen LogP contribution in [0.1, 0.15) is 5.56 Å². The lowest BCUT2D eigenvalue weighted by atomic mass is 10.1. The zero-order valence-corrected chi connectivity index (χ0v) is 10.3. The Morgan fingerprint density at radius 1 is 1.33 bits per heavy atom. The molecule has 1 atom stereocenters. The number of halogens is 4. The molecule has 0 fully saturated rings. The summed E-state index contributed by atoms with van der Waals surface area (Å²) in [5.41, 5.74) is 0.625. The zero-order valence-electron chi connectivity index (χ0n) is 9.53. The Bertz CT molecular complexity index is 370. The van der Waals surface area contributed by atoms with E-state index in [1.165, 1.54) is 5.32 Å². The van der Waals surface area contributed by atoms with Crippen LogP contribution in [0.25, 0.3) is 0 Å². The van der Waals surface area contributed by atoms with Gasteiger partial charge in [0.2, 0.25) is 0 Å². The number of esters is 1. The summed E-state index contributed by atoms with van der Waals surface area (Å²) < 4.78 is 40.9. The second-order valence-corrected chi connectivity index (χ2v) is 3.41. The third-order valence-electron chi connectivity index (χ3n) is 2.11. The van der Waals surface area contributed by atoms with Crippen molar-refractivity contribution in [2.24, 2.45) is 0 Å². The fourth-order valence-electron chi connectivity index (χ4n) is 1.38. The number of benzene rings is 1. The number of hydrogen-bond donors (Lipinski definition) is 1. The number of nitrogens with one attached hydrogen (secondary N) is 1. The summed E-state index contributed by atoms with van der Waals surface area (Å²) in [6.07, 6.45) is -4.69. The van der Waals surface area contributed by atoms with E-state index in [1.807, 2.05) is 0 Å². The first-order chi connectivity index (χ1) is 7.92. The molecule has 0 aliphatic rings. The smallest absolute Gasteiger partial charge is 0.457 e. The van der Waals surface area contributed by atoms with Gasteiger partial charge in [-0.05, 0) is 12.0 Å². The second kappa shape index (κ2) is 7.23. The van der Waals surface area contributed by atoms with Crippen molar-refractivity contribution in [2.45, 2.75) is 18.8 Å². The number of ether oxygens (including phenoxy) is 1. The van der Waals surface area contributed by atoms with Gasteiger partial charge in [-0.15, -0.1) is 12.4 Å². The molecule has 0 saturated carbocycles. The minimum Gasteiger partial charge on any atom is -0.468 e. The van der Waals surface area contributed by atoms with Gasteiger partial charge in [0, 0.05) is 0 Å². The molecule has 0 unspecified atom stereocenters. The maximum atomic E-state index is 12.2. The fourth-order valence-corrected chi connectivity index (χ4v) is 1.38. The van der Waals surface area contributed by atoms with Gasteiger partial charge >= 0.3 is 12.3 Å². The first kappa shape index (κ1) is 16.7. The highest BCUT2D eigenvalue weighted by atomic mass is 35.5. The Hall–Kier alpha value is -1.27. The summed E-state index contributed by atoms with van der Waals surface area (Å²) in [7, 11) is 1.05. The van der Waals surface area contributed by atoms with Crippen molar-refractivity contribution < 1.29 is 22.7 Å². The van der Waals surface area contributed by atoms with Crippen LogP contribution in [0.3, 0.4) is 0 Å². The van der Waals surface area contributed by atoms with Crippen LogP contribution < -0.4 is 5.32 Å². The molecule has 0 amide bonds. The topological polar surface area (TPSA) is 38.3 Å². The summed E-state index contributed by atoms with van der Waals surface area (Å²) in [5.74, 6) is -0.939. The lowest BCUT2D eigenvalue weighted by Gasteiger charge is -2.18. The zero-order chi connectivity index (χ0) is 12.9.